The smallest absolute Gasteiger partial charge is 0.310 e. The van der Waals surface area contributed by atoms with Gasteiger partial charge in [-0.3, -0.25) is 9.59 Å². The first-order chi connectivity index (χ1) is 38.3. The number of rotatable bonds is 17. The number of methoxy groups -OCH3 is 3. The number of aliphatic hydroxyl groups excluding tert-OH is 2. The first kappa shape index (κ1) is 59.6. The number of allylic oxidation sites excluding steroid dienone is 2. The maximum absolute atomic E-state index is 13.4. The first-order valence-electron chi connectivity index (χ1n) is 26.2. The van der Waals surface area contributed by atoms with Crippen LogP contribution in [0.3, 0.4) is 0 Å². The van der Waals surface area contributed by atoms with E-state index in [0.29, 0.717) is 70.7 Å². The number of amides is 1. The van der Waals surface area contributed by atoms with Gasteiger partial charge in [0.05, 0.1) is 63.4 Å². The number of nitrogens with one attached hydrogen (secondary N) is 1. The lowest BCUT2D eigenvalue weighted by atomic mass is 9.66. The van der Waals surface area contributed by atoms with Gasteiger partial charge in [0.25, 0.3) is 10.0 Å². The predicted octanol–water partition coefficient (Wildman–Crippen LogP) is 6.47. The molecule has 1 amide bonds. The molecule has 22 nitrogen and oxygen atoms in total. The average molecular weight is 1150 g/mol. The number of fused-ring (bicyclic) bond motifs is 5. The number of hydrogen-bond donors (Lipinski definition) is 6. The molecule has 3 saturated heterocycles. The standard InChI is InChI=1S/C29H32O13.C18H27NO3.C9H10N2O3S2/c1-11-36-9-20-27(40-11)24(31)25(32)29(41-20)42-26-14-7-17-16(38-10-39-17)6-13(14)21(22-15(26)8-37-28(22)33)12-4-18(34-2)23(30)19(5-12)35-3;1-14(2)8-6-4-5-7-9-18(21)19-13-15-10-11-16(20)17(12-15)22-3;1-2-14-6-3-4-7-8(5-6)15-9(11-7)16(10,12)13/h4-7,11,15,20-22,24-27,29-32H,8-10H2,1-3H3;6,8,10-12,14,20H,4-5,7,9,13H2,1-3H3,(H,19,21);3-5H,2H2,1H3,(H2,10,12,13)/b;8-6+;/t11-,15?,20-,21-,22+,24-,25-,26?,27-,29+;;/m1../s1. The molecular weight excluding hydrogens is 1080 g/mol. The van der Waals surface area contributed by atoms with Crippen molar-refractivity contribution in [1.82, 2.24) is 10.3 Å². The van der Waals surface area contributed by atoms with Crippen molar-refractivity contribution < 1.29 is 90.5 Å². The number of unbranched alkanes of at least 4 members (excludes halogenated alkanes) is 2. The van der Waals surface area contributed by atoms with E-state index in [-0.39, 0.29) is 53.3 Å². The number of carbonyl (C=O) groups excluding carboxylic acids is 2. The van der Waals surface area contributed by atoms with Gasteiger partial charge in [-0.05, 0) is 116 Å². The third kappa shape index (κ3) is 13.8. The maximum atomic E-state index is 13.4. The average Bonchev–Trinajstić information content (AvgIpc) is 4.37. The number of aromatic hydroxyl groups is 2. The summed E-state index contributed by atoms with van der Waals surface area (Å²) in [5.41, 5.74) is 3.53. The number of carbonyl (C=O) groups is 2. The van der Waals surface area contributed by atoms with E-state index in [2.05, 4.69) is 36.3 Å². The van der Waals surface area contributed by atoms with Crippen molar-refractivity contribution in [3.05, 3.63) is 95.1 Å². The molecule has 5 heterocycles. The maximum Gasteiger partial charge on any atom is 0.310 e. The lowest BCUT2D eigenvalue weighted by Crippen LogP contribution is -2.63. The Morgan fingerprint density at radius 3 is 2.29 bits per heavy atom. The normalized spacial score (nSPS) is 24.6. The van der Waals surface area contributed by atoms with E-state index in [0.717, 1.165) is 40.9 Å². The molecule has 4 aliphatic heterocycles. The number of phenols is 2. The number of ether oxygens (including phenoxy) is 11. The number of benzene rings is 4. The summed E-state index contributed by atoms with van der Waals surface area (Å²) in [7, 11) is 0.641. The summed E-state index contributed by atoms with van der Waals surface area (Å²) < 4.78 is 84.8. The third-order valence-electron chi connectivity index (χ3n) is 13.9. The molecule has 4 aromatic carbocycles. The second kappa shape index (κ2) is 26.4. The lowest BCUT2D eigenvalue weighted by molar-refractivity contribution is -0.364. The number of aromatic nitrogens is 1. The van der Waals surface area contributed by atoms with Crippen LogP contribution in [0.4, 0.5) is 0 Å². The van der Waals surface area contributed by atoms with Crippen LogP contribution in [-0.4, -0.2) is 131 Å². The highest BCUT2D eigenvalue weighted by molar-refractivity contribution is 7.91. The Morgan fingerprint density at radius 2 is 1.61 bits per heavy atom. The summed E-state index contributed by atoms with van der Waals surface area (Å²) >= 11 is 1.04. The van der Waals surface area contributed by atoms with E-state index >= 15 is 0 Å². The van der Waals surface area contributed by atoms with Gasteiger partial charge in [-0.2, -0.15) is 0 Å². The van der Waals surface area contributed by atoms with Crippen molar-refractivity contribution in [3.63, 3.8) is 0 Å². The summed E-state index contributed by atoms with van der Waals surface area (Å²) in [6.07, 6.45) is 1.08. The predicted molar refractivity (Wildman–Crippen MR) is 289 cm³/mol. The number of nitrogens with two attached hydrogens (primary N) is 1. The fourth-order valence-corrected chi connectivity index (χ4v) is 11.7. The Balaban J connectivity index is 0.000000184. The van der Waals surface area contributed by atoms with E-state index in [9.17, 15) is 38.4 Å². The number of nitrogens with zero attached hydrogens (tertiary/aromatic N) is 1. The van der Waals surface area contributed by atoms with Gasteiger partial charge in [0.15, 0.2) is 47.1 Å². The molecule has 1 aromatic heterocycles. The molecule has 434 valence electrons. The van der Waals surface area contributed by atoms with Crippen LogP contribution in [0, 0.1) is 17.8 Å². The van der Waals surface area contributed by atoms with Crippen molar-refractivity contribution >= 4 is 43.5 Å². The van der Waals surface area contributed by atoms with E-state index in [1.807, 2.05) is 6.92 Å². The fourth-order valence-electron chi connectivity index (χ4n) is 10.0. The van der Waals surface area contributed by atoms with Gasteiger partial charge < -0.3 is 77.8 Å². The zero-order valence-corrected chi connectivity index (χ0v) is 47.0. The van der Waals surface area contributed by atoms with Crippen molar-refractivity contribution in [2.24, 2.45) is 22.9 Å². The second-order valence-corrected chi connectivity index (χ2v) is 22.5. The molecule has 10 rings (SSSR count). The Bertz CT molecular complexity index is 3090. The van der Waals surface area contributed by atoms with Gasteiger partial charge in [-0.1, -0.05) is 32.1 Å². The molecule has 0 saturated carbocycles. The van der Waals surface area contributed by atoms with Crippen LogP contribution in [0.2, 0.25) is 0 Å². The van der Waals surface area contributed by atoms with Crippen molar-refractivity contribution in [3.8, 4) is 46.0 Å². The highest BCUT2D eigenvalue weighted by Crippen LogP contribution is 2.57. The first-order valence-corrected chi connectivity index (χ1v) is 28.5. The minimum atomic E-state index is -3.72. The number of sulfonamides is 1. The largest absolute Gasteiger partial charge is 0.504 e. The second-order valence-electron chi connectivity index (χ2n) is 19.8. The van der Waals surface area contributed by atoms with Gasteiger partial charge in [0.1, 0.15) is 30.2 Å². The Hall–Kier alpha value is -6.48. The number of aliphatic hydroxyl groups is 2. The summed E-state index contributed by atoms with van der Waals surface area (Å²) in [4.78, 5) is 29.1. The van der Waals surface area contributed by atoms with Crippen LogP contribution in [-0.2, 0) is 49.8 Å². The van der Waals surface area contributed by atoms with Crippen LogP contribution >= 0.6 is 11.3 Å². The topological polar surface area (TPSA) is 302 Å². The Labute approximate surface area is 467 Å². The van der Waals surface area contributed by atoms with Crippen molar-refractivity contribution in [2.45, 2.75) is 113 Å². The van der Waals surface area contributed by atoms with Gasteiger partial charge in [0, 0.05) is 24.8 Å². The summed E-state index contributed by atoms with van der Waals surface area (Å²) in [5.74, 6) is 0.837. The van der Waals surface area contributed by atoms with Gasteiger partial charge in [-0.25, -0.2) is 18.5 Å². The Kier molecular flexibility index (Phi) is 19.7. The summed E-state index contributed by atoms with van der Waals surface area (Å²) in [6.45, 7) is 9.13. The molecule has 24 heteroatoms. The van der Waals surface area contributed by atoms with Crippen LogP contribution < -0.4 is 38.9 Å². The third-order valence-corrected chi connectivity index (χ3v) is 16.3. The van der Waals surface area contributed by atoms with E-state index < -0.39 is 76.8 Å². The van der Waals surface area contributed by atoms with E-state index in [1.165, 1.54) is 21.3 Å². The molecular formula is C56H69N3O19S2. The zero-order chi connectivity index (χ0) is 57.4. The quantitative estimate of drug-likeness (QED) is 0.0330. The molecule has 80 heavy (non-hydrogen) atoms. The molecule has 0 bridgehead atoms. The molecule has 0 spiro atoms. The molecule has 0 radical (unpaired) electrons. The summed E-state index contributed by atoms with van der Waals surface area (Å²) in [6, 6.07) is 17.2. The number of phenolic OH excluding ortho intramolecular Hbond substituents is 2. The van der Waals surface area contributed by atoms with Crippen LogP contribution in [0.5, 0.6) is 46.0 Å². The minimum Gasteiger partial charge on any atom is -0.504 e. The molecule has 7 N–H and O–H groups in total. The summed E-state index contributed by atoms with van der Waals surface area (Å²) in [5, 5.41) is 49.9. The van der Waals surface area contributed by atoms with E-state index in [4.69, 9.17) is 57.2 Å². The van der Waals surface area contributed by atoms with Gasteiger partial charge in [0.2, 0.25) is 22.8 Å². The molecule has 3 fully saturated rings. The number of thiazole rings is 1. The van der Waals surface area contributed by atoms with Crippen LogP contribution in [0.15, 0.2) is 77.2 Å². The highest BCUT2D eigenvalue weighted by Gasteiger charge is 2.56. The van der Waals surface area contributed by atoms with Crippen LogP contribution in [0.25, 0.3) is 10.2 Å². The molecule has 2 unspecified atom stereocenters. The molecule has 1 aliphatic carbocycles. The molecule has 5 aromatic rings. The lowest BCUT2D eigenvalue weighted by Gasteiger charge is -2.47. The number of hydrogen-bond acceptors (Lipinski definition) is 21. The van der Waals surface area contributed by atoms with Gasteiger partial charge >= 0.3 is 5.97 Å². The minimum absolute atomic E-state index is 0.0301. The van der Waals surface area contributed by atoms with Crippen molar-refractivity contribution in [2.75, 3.05) is 47.9 Å². The Morgan fingerprint density at radius 1 is 0.900 bits per heavy atom. The van der Waals surface area contributed by atoms with Gasteiger partial charge in [-0.15, -0.1) is 11.3 Å². The highest BCUT2D eigenvalue weighted by atomic mass is 32.2. The number of esters is 1. The van der Waals surface area contributed by atoms with Crippen LogP contribution in [0.1, 0.15) is 87.7 Å². The SMILES string of the molecule is CCOc1ccc2nc(S(N)(=O)=O)sc2c1.COc1cc(CNC(=O)CCCC/C=C/C(C)C)ccc1O.COc1cc([C@@H]2c3cc4c(cc3C(O[C@@H]3O[C@@H]5CO[C@@H](C)O[C@H]5[C@H](O)[C@H]3O)C3COC(=O)[C@@H]32)OCO4)cc(OC)c1O. The molecule has 5 aliphatic rings. The molecule has 10 atom stereocenters. The van der Waals surface area contributed by atoms with Crippen molar-refractivity contribution in [1.29, 1.82) is 0 Å². The van der Waals surface area contributed by atoms with E-state index in [1.54, 1.807) is 67.6 Å². The number of primary sulfonamides is 1. The number of cyclic esters (lactones) is 1. The monoisotopic (exact) mass is 1150 g/mol. The fraction of sp³-hybridized carbons (Fsp3) is 0.482. The zero-order valence-electron chi connectivity index (χ0n) is 45.4.